The summed E-state index contributed by atoms with van der Waals surface area (Å²) in [5.74, 6) is -17.3. The van der Waals surface area contributed by atoms with E-state index in [9.17, 15) is 0 Å². The number of rotatable bonds is 9. The molecule has 0 atom stereocenters. The maximum absolute atomic E-state index is 16.3. The summed E-state index contributed by atoms with van der Waals surface area (Å²) in [5.41, 5.74) is -3.65. The van der Waals surface area contributed by atoms with Gasteiger partial charge in [0.25, 0.3) is 0 Å². The van der Waals surface area contributed by atoms with E-state index < -0.39 is 40.9 Å². The molecular formula is C36H32F6O6. The Kier molecular flexibility index (Phi) is 8.57. The summed E-state index contributed by atoms with van der Waals surface area (Å²) in [6.07, 6.45) is 6.01. The summed E-state index contributed by atoms with van der Waals surface area (Å²) >= 11 is 0. The van der Waals surface area contributed by atoms with Crippen LogP contribution in [0.5, 0.6) is 28.7 Å². The van der Waals surface area contributed by atoms with Gasteiger partial charge >= 0.3 is 17.8 Å². The van der Waals surface area contributed by atoms with Gasteiger partial charge in [-0.1, -0.05) is 51.5 Å². The fourth-order valence-electron chi connectivity index (χ4n) is 5.81. The van der Waals surface area contributed by atoms with Crippen LogP contribution in [0.4, 0.5) is 26.3 Å². The van der Waals surface area contributed by atoms with Gasteiger partial charge in [0.15, 0.2) is 5.75 Å². The average Bonchev–Trinajstić information content (AvgIpc) is 3.46. The number of allylic oxidation sites excluding steroid dienone is 2. The van der Waals surface area contributed by atoms with E-state index in [1.54, 1.807) is 24.3 Å². The van der Waals surface area contributed by atoms with E-state index in [0.717, 1.165) is 5.56 Å². The van der Waals surface area contributed by atoms with E-state index in [0.29, 0.717) is 0 Å². The lowest BCUT2D eigenvalue weighted by atomic mass is 9.86. The third-order valence-electron chi connectivity index (χ3n) is 8.35. The number of benzene rings is 3. The predicted octanol–water partition coefficient (Wildman–Crippen LogP) is 9.32. The summed E-state index contributed by atoms with van der Waals surface area (Å²) in [4.78, 5) is 0. The van der Waals surface area contributed by atoms with Gasteiger partial charge in [-0.2, -0.15) is 26.3 Å². The number of ether oxygens (including phenoxy) is 5. The Morgan fingerprint density at radius 3 is 1.85 bits per heavy atom. The maximum Gasteiger partial charge on any atom is 0.380 e. The van der Waals surface area contributed by atoms with Crippen molar-refractivity contribution in [3.05, 3.63) is 70.8 Å². The minimum Gasteiger partial charge on any atom is -0.496 e. The molecule has 0 aliphatic heterocycles. The van der Waals surface area contributed by atoms with E-state index in [1.807, 2.05) is 26.9 Å². The zero-order valence-corrected chi connectivity index (χ0v) is 27.1. The van der Waals surface area contributed by atoms with Crippen LogP contribution in [-0.4, -0.2) is 46.2 Å². The number of fused-ring (bicyclic) bond motifs is 1. The lowest BCUT2D eigenvalue weighted by molar-refractivity contribution is -0.260. The highest BCUT2D eigenvalue weighted by molar-refractivity contribution is 6.05. The Bertz CT molecular complexity index is 1940. The molecule has 5 rings (SSSR count). The number of methoxy groups -OCH3 is 4. The summed E-state index contributed by atoms with van der Waals surface area (Å²) in [6.45, 7) is 5.87. The summed E-state index contributed by atoms with van der Waals surface area (Å²) in [6, 6.07) is 11.6. The number of hydrogen-bond donors (Lipinski definition) is 0. The predicted molar refractivity (Wildman–Crippen MR) is 168 cm³/mol. The molecule has 4 aromatic rings. The highest BCUT2D eigenvalue weighted by Gasteiger charge is 2.80. The molecule has 0 radical (unpaired) electrons. The average molecular weight is 675 g/mol. The van der Waals surface area contributed by atoms with E-state index in [1.165, 1.54) is 52.7 Å². The lowest BCUT2D eigenvalue weighted by Crippen LogP contribution is -2.49. The molecule has 0 unspecified atom stereocenters. The van der Waals surface area contributed by atoms with E-state index >= 15 is 26.3 Å². The molecular weight excluding hydrogens is 642 g/mol. The minimum atomic E-state index is -5.87. The Balaban J connectivity index is 1.94. The largest absolute Gasteiger partial charge is 0.496 e. The molecule has 1 aliphatic carbocycles. The standard InChI is InChI=1S/C36H32F6O6/c1-9-47-26-15-21(43-5)14-25(45-7)23(26)18-24-31(35(39,40)36(41,42)34(24,37)38)30-29-27(46-8)16-22(44-6)17-28(29)48-32(30)19-10-12-20(13-11-19)33(2,3)4/h1,10-17H,18H2,2-8H3. The van der Waals surface area contributed by atoms with Gasteiger partial charge in [-0.25, -0.2) is 0 Å². The molecule has 6 nitrogen and oxygen atoms in total. The van der Waals surface area contributed by atoms with Crippen molar-refractivity contribution < 1.29 is 54.4 Å². The molecule has 254 valence electrons. The van der Waals surface area contributed by atoms with Crippen molar-refractivity contribution in [2.24, 2.45) is 0 Å². The van der Waals surface area contributed by atoms with E-state index in [2.05, 4.69) is 0 Å². The first-order valence-electron chi connectivity index (χ1n) is 14.5. The first-order chi connectivity index (χ1) is 22.5. The van der Waals surface area contributed by atoms with Crippen molar-refractivity contribution in [3.8, 4) is 52.6 Å². The Hall–Kier alpha value is -4.92. The third kappa shape index (κ3) is 5.25. The van der Waals surface area contributed by atoms with Gasteiger partial charge in [0.1, 0.15) is 40.4 Å². The molecule has 1 heterocycles. The Morgan fingerprint density at radius 2 is 1.31 bits per heavy atom. The smallest absolute Gasteiger partial charge is 0.380 e. The first kappa shape index (κ1) is 34.4. The van der Waals surface area contributed by atoms with Gasteiger partial charge in [0, 0.05) is 58.5 Å². The second-order valence-electron chi connectivity index (χ2n) is 12.1. The van der Waals surface area contributed by atoms with Crippen LogP contribution >= 0.6 is 0 Å². The van der Waals surface area contributed by atoms with E-state index in [4.69, 9.17) is 34.5 Å². The molecule has 0 N–H and O–H groups in total. The molecule has 1 aromatic heterocycles. The number of furan rings is 1. The zero-order chi connectivity index (χ0) is 35.4. The topological polar surface area (TPSA) is 59.3 Å². The first-order valence-corrected chi connectivity index (χ1v) is 14.5. The third-order valence-corrected chi connectivity index (χ3v) is 8.35. The molecule has 0 amide bonds. The van der Waals surface area contributed by atoms with Crippen LogP contribution in [0.2, 0.25) is 0 Å². The molecule has 12 heteroatoms. The van der Waals surface area contributed by atoms with Crippen LogP contribution in [0.15, 0.2) is 58.5 Å². The normalized spacial score (nSPS) is 16.5. The van der Waals surface area contributed by atoms with Gasteiger partial charge in [-0.15, -0.1) is 0 Å². The molecule has 48 heavy (non-hydrogen) atoms. The van der Waals surface area contributed by atoms with E-state index in [-0.39, 0.29) is 62.0 Å². The molecule has 3 aromatic carbocycles. The number of halogens is 6. The van der Waals surface area contributed by atoms with Gasteiger partial charge in [-0.3, -0.25) is 0 Å². The molecule has 0 fully saturated rings. The lowest BCUT2D eigenvalue weighted by Gasteiger charge is -2.26. The summed E-state index contributed by atoms with van der Waals surface area (Å²) in [7, 11) is 5.01. The number of hydrogen-bond acceptors (Lipinski definition) is 6. The van der Waals surface area contributed by atoms with Crippen LogP contribution in [0, 0.1) is 12.5 Å². The molecule has 0 saturated carbocycles. The summed E-state index contributed by atoms with van der Waals surface area (Å²) in [5, 5.41) is -0.240. The number of alkyl halides is 6. The monoisotopic (exact) mass is 674 g/mol. The van der Waals surface area contributed by atoms with Crippen LogP contribution in [0.25, 0.3) is 27.9 Å². The second-order valence-corrected chi connectivity index (χ2v) is 12.1. The highest BCUT2D eigenvalue weighted by atomic mass is 19.3. The van der Waals surface area contributed by atoms with Crippen molar-refractivity contribution in [3.63, 3.8) is 0 Å². The van der Waals surface area contributed by atoms with Gasteiger partial charge in [-0.05, 0) is 11.0 Å². The van der Waals surface area contributed by atoms with Crippen molar-refractivity contribution in [1.29, 1.82) is 0 Å². The molecule has 0 bridgehead atoms. The van der Waals surface area contributed by atoms with Gasteiger partial charge in [0.05, 0.1) is 33.8 Å². The minimum absolute atomic E-state index is 0.115. The van der Waals surface area contributed by atoms with Crippen LogP contribution in [0.3, 0.4) is 0 Å². The second kappa shape index (κ2) is 12.0. The quantitative estimate of drug-likeness (QED) is 0.130. The fourth-order valence-corrected chi connectivity index (χ4v) is 5.81. The molecule has 1 aliphatic rings. The van der Waals surface area contributed by atoms with Gasteiger partial charge < -0.3 is 28.1 Å². The Labute approximate surface area is 273 Å². The van der Waals surface area contributed by atoms with Crippen LogP contribution in [0.1, 0.15) is 37.5 Å². The Morgan fingerprint density at radius 1 is 0.750 bits per heavy atom. The zero-order valence-electron chi connectivity index (χ0n) is 27.1. The highest BCUT2D eigenvalue weighted by Crippen LogP contribution is 2.65. The molecule has 0 spiro atoms. The molecule has 0 saturated heterocycles. The van der Waals surface area contributed by atoms with Crippen molar-refractivity contribution in [2.75, 3.05) is 28.4 Å². The van der Waals surface area contributed by atoms with Crippen molar-refractivity contribution in [1.82, 2.24) is 0 Å². The van der Waals surface area contributed by atoms with Crippen molar-refractivity contribution in [2.45, 2.75) is 50.4 Å². The van der Waals surface area contributed by atoms with Crippen molar-refractivity contribution >= 4 is 16.5 Å². The van der Waals surface area contributed by atoms with Crippen LogP contribution < -0.4 is 23.7 Å². The van der Waals surface area contributed by atoms with Gasteiger partial charge in [0.2, 0.25) is 0 Å². The summed E-state index contributed by atoms with van der Waals surface area (Å²) < 4.78 is 128. The fraction of sp³-hybridized carbons (Fsp3) is 0.333. The van der Waals surface area contributed by atoms with Crippen LogP contribution in [-0.2, 0) is 11.8 Å². The SMILES string of the molecule is C#COc1cc(OC)cc(OC)c1CC1=C(c2c(-c3ccc(C(C)(C)C)cc3)oc3cc(OC)cc(OC)c23)C(F)(F)C(F)(F)C1(F)F. The maximum atomic E-state index is 16.3. The number of terminal acetylenes is 1.